The Morgan fingerprint density at radius 1 is 1.06 bits per heavy atom. The van der Waals surface area contributed by atoms with Gasteiger partial charge in [-0.2, -0.15) is 0 Å². The lowest BCUT2D eigenvalue weighted by atomic mass is 10.0. The highest BCUT2D eigenvalue weighted by Crippen LogP contribution is 2.45. The molecule has 5 nitrogen and oxygen atoms in total. The third-order valence-electron chi connectivity index (χ3n) is 5.61. The highest BCUT2D eigenvalue weighted by molar-refractivity contribution is 7.80. The van der Waals surface area contributed by atoms with E-state index in [9.17, 15) is 5.11 Å². The lowest BCUT2D eigenvalue weighted by Crippen LogP contribution is -2.29. The second-order valence-corrected chi connectivity index (χ2v) is 8.45. The van der Waals surface area contributed by atoms with Crippen molar-refractivity contribution in [2.45, 2.75) is 19.0 Å². The van der Waals surface area contributed by atoms with Crippen molar-refractivity contribution in [1.29, 1.82) is 0 Å². The summed E-state index contributed by atoms with van der Waals surface area (Å²) < 4.78 is 6.33. The van der Waals surface area contributed by atoms with E-state index in [4.69, 9.17) is 28.2 Å². The molecule has 1 aliphatic heterocycles. The number of aromatic nitrogens is 1. The Hall–Kier alpha value is -3.35. The monoisotopic (exact) mass is 461 g/mol. The number of furan rings is 1. The second kappa shape index (κ2) is 8.30. The van der Waals surface area contributed by atoms with Gasteiger partial charge in [0.05, 0.1) is 17.4 Å². The number of aryl methyl sites for hydroxylation is 1. The quantitative estimate of drug-likeness (QED) is 0.353. The lowest BCUT2D eigenvalue weighted by molar-refractivity contribution is 0.434. The number of aromatic hydroxyl groups is 1. The van der Waals surface area contributed by atoms with Crippen molar-refractivity contribution < 1.29 is 9.52 Å². The molecule has 7 heteroatoms. The van der Waals surface area contributed by atoms with Crippen LogP contribution < -0.4 is 10.2 Å². The first-order chi connectivity index (χ1) is 15.5. The van der Waals surface area contributed by atoms with Gasteiger partial charge in [-0.05, 0) is 67.2 Å². The van der Waals surface area contributed by atoms with Crippen LogP contribution in [0.5, 0.6) is 5.75 Å². The van der Waals surface area contributed by atoms with Crippen LogP contribution >= 0.6 is 23.8 Å². The predicted octanol–water partition coefficient (Wildman–Crippen LogP) is 6.19. The van der Waals surface area contributed by atoms with Crippen LogP contribution in [0.2, 0.25) is 5.02 Å². The van der Waals surface area contributed by atoms with Gasteiger partial charge in [0.1, 0.15) is 23.3 Å². The molecule has 0 bridgehead atoms. The Bertz CT molecular complexity index is 1290. The molecule has 2 N–H and O–H groups in total. The number of phenols is 1. The maximum absolute atomic E-state index is 10.6. The number of pyridine rings is 1. The van der Waals surface area contributed by atoms with Crippen molar-refractivity contribution >= 4 is 34.6 Å². The number of anilines is 1. The van der Waals surface area contributed by atoms with Crippen LogP contribution in [0.4, 0.5) is 5.69 Å². The molecule has 32 heavy (non-hydrogen) atoms. The Labute approximate surface area is 196 Å². The van der Waals surface area contributed by atoms with Crippen LogP contribution in [0.1, 0.15) is 29.1 Å². The third kappa shape index (κ3) is 3.61. The number of thiocarbonyl (C=S) groups is 1. The molecule has 5 rings (SSSR count). The average Bonchev–Trinajstić information content (AvgIpc) is 3.41. The molecular weight excluding hydrogens is 442 g/mol. The minimum Gasteiger partial charge on any atom is -0.506 e. The van der Waals surface area contributed by atoms with E-state index in [2.05, 4.69) is 10.3 Å². The number of benzene rings is 2. The number of rotatable bonds is 4. The molecule has 2 aromatic heterocycles. The summed E-state index contributed by atoms with van der Waals surface area (Å²) in [5.74, 6) is 1.54. The largest absolute Gasteiger partial charge is 0.506 e. The number of hydrogen-bond donors (Lipinski definition) is 2. The molecule has 0 radical (unpaired) electrons. The van der Waals surface area contributed by atoms with Gasteiger partial charge in [0.25, 0.3) is 0 Å². The van der Waals surface area contributed by atoms with Crippen LogP contribution in [0.15, 0.2) is 83.4 Å². The van der Waals surface area contributed by atoms with Crippen LogP contribution in [0, 0.1) is 6.92 Å². The van der Waals surface area contributed by atoms with Crippen molar-refractivity contribution in [3.63, 3.8) is 0 Å². The van der Waals surface area contributed by atoms with Gasteiger partial charge in [-0.3, -0.25) is 4.98 Å². The fourth-order valence-corrected chi connectivity index (χ4v) is 4.50. The van der Waals surface area contributed by atoms with Crippen molar-refractivity contribution in [3.05, 3.63) is 101 Å². The maximum Gasteiger partial charge on any atom is 0.174 e. The number of nitrogens with zero attached hydrogens (tertiary/aromatic N) is 2. The van der Waals surface area contributed by atoms with Crippen molar-refractivity contribution in [1.82, 2.24) is 10.3 Å². The standard InChI is InChI=1S/C25H20ClN3O2S/c1-15-9-10-16(14-17(15)26)21-11-12-22(31-21)24-23(18-6-4-5-13-27-18)28-25(32)29(24)19-7-2-3-8-20(19)30/h2-14,23-24,30H,1H3,(H,28,32)/t23-,24-/m1/s1. The fourth-order valence-electron chi connectivity index (χ4n) is 3.98. The number of halogens is 1. The smallest absolute Gasteiger partial charge is 0.174 e. The second-order valence-electron chi connectivity index (χ2n) is 7.65. The topological polar surface area (TPSA) is 61.5 Å². The molecule has 2 aromatic carbocycles. The molecule has 2 atom stereocenters. The average molecular weight is 462 g/mol. The molecule has 0 saturated carbocycles. The maximum atomic E-state index is 10.6. The van der Waals surface area contributed by atoms with E-state index in [0.29, 0.717) is 27.3 Å². The molecule has 0 spiro atoms. The summed E-state index contributed by atoms with van der Waals surface area (Å²) in [7, 11) is 0. The molecular formula is C25H20ClN3O2S. The Morgan fingerprint density at radius 2 is 1.88 bits per heavy atom. The zero-order valence-electron chi connectivity index (χ0n) is 17.2. The van der Waals surface area contributed by atoms with Gasteiger partial charge in [-0.1, -0.05) is 41.9 Å². The van der Waals surface area contributed by atoms with Crippen LogP contribution in [0.3, 0.4) is 0 Å². The molecule has 3 heterocycles. The van der Waals surface area contributed by atoms with E-state index < -0.39 is 0 Å². The summed E-state index contributed by atoms with van der Waals surface area (Å²) in [6.07, 6.45) is 1.75. The van der Waals surface area contributed by atoms with Gasteiger partial charge >= 0.3 is 0 Å². The molecule has 0 aliphatic carbocycles. The van der Waals surface area contributed by atoms with Gasteiger partial charge in [-0.15, -0.1) is 0 Å². The first kappa shape index (κ1) is 20.5. The van der Waals surface area contributed by atoms with E-state index in [0.717, 1.165) is 16.8 Å². The zero-order chi connectivity index (χ0) is 22.2. The molecule has 4 aromatic rings. The molecule has 1 fully saturated rings. The number of nitrogens with one attached hydrogen (secondary N) is 1. The first-order valence-electron chi connectivity index (χ1n) is 10.2. The van der Waals surface area contributed by atoms with E-state index in [-0.39, 0.29) is 17.8 Å². The highest BCUT2D eigenvalue weighted by Gasteiger charge is 2.43. The van der Waals surface area contributed by atoms with Gasteiger partial charge in [0.15, 0.2) is 5.11 Å². The van der Waals surface area contributed by atoms with Crippen LogP contribution in [-0.4, -0.2) is 15.2 Å². The normalized spacial score (nSPS) is 18.1. The van der Waals surface area contributed by atoms with E-state index >= 15 is 0 Å². The zero-order valence-corrected chi connectivity index (χ0v) is 18.8. The summed E-state index contributed by atoms with van der Waals surface area (Å²) in [4.78, 5) is 6.42. The van der Waals surface area contributed by atoms with Crippen LogP contribution in [0.25, 0.3) is 11.3 Å². The molecule has 0 unspecified atom stereocenters. The number of phenolic OH excluding ortho intramolecular Hbond substituents is 1. The number of hydrogen-bond acceptors (Lipinski definition) is 4. The lowest BCUT2D eigenvalue weighted by Gasteiger charge is -2.26. The molecule has 1 saturated heterocycles. The van der Waals surface area contributed by atoms with E-state index in [1.54, 1.807) is 18.3 Å². The molecule has 1 aliphatic rings. The van der Waals surface area contributed by atoms with Gasteiger partial charge in [0.2, 0.25) is 0 Å². The molecule has 160 valence electrons. The van der Waals surface area contributed by atoms with E-state index in [1.807, 2.05) is 72.5 Å². The highest BCUT2D eigenvalue weighted by atomic mass is 35.5. The van der Waals surface area contributed by atoms with Gasteiger partial charge in [-0.25, -0.2) is 0 Å². The van der Waals surface area contributed by atoms with Crippen LogP contribution in [-0.2, 0) is 0 Å². The Balaban J connectivity index is 1.61. The first-order valence-corrected chi connectivity index (χ1v) is 11.0. The minimum atomic E-state index is -0.347. The van der Waals surface area contributed by atoms with E-state index in [1.165, 1.54) is 0 Å². The van der Waals surface area contributed by atoms with Gasteiger partial charge < -0.3 is 19.7 Å². The summed E-state index contributed by atoms with van der Waals surface area (Å²) in [5, 5.41) is 15.1. The minimum absolute atomic E-state index is 0.139. The van der Waals surface area contributed by atoms with Crippen molar-refractivity contribution in [3.8, 4) is 17.1 Å². The summed E-state index contributed by atoms with van der Waals surface area (Å²) in [6.45, 7) is 1.96. The predicted molar refractivity (Wildman–Crippen MR) is 130 cm³/mol. The van der Waals surface area contributed by atoms with Gasteiger partial charge in [0, 0.05) is 16.8 Å². The summed E-state index contributed by atoms with van der Waals surface area (Å²) in [6, 6.07) is 22.0. The Kier molecular flexibility index (Phi) is 5.33. The molecule has 0 amide bonds. The Morgan fingerprint density at radius 3 is 2.62 bits per heavy atom. The third-order valence-corrected chi connectivity index (χ3v) is 6.34. The summed E-state index contributed by atoms with van der Waals surface area (Å²) >= 11 is 12.0. The summed E-state index contributed by atoms with van der Waals surface area (Å²) in [5.41, 5.74) is 3.33. The van der Waals surface area contributed by atoms with Crippen molar-refractivity contribution in [2.75, 3.05) is 4.90 Å². The number of para-hydroxylation sites is 2. The fraction of sp³-hybridized carbons (Fsp3) is 0.120. The van der Waals surface area contributed by atoms with Crippen molar-refractivity contribution in [2.24, 2.45) is 0 Å². The SMILES string of the molecule is Cc1ccc(-c2ccc([C@@H]3[C@@H](c4ccccn4)NC(=S)N3c3ccccc3O)o2)cc1Cl.